The highest BCUT2D eigenvalue weighted by Crippen LogP contribution is 2.25. The molecule has 4 nitrogen and oxygen atoms in total. The van der Waals surface area contributed by atoms with Crippen LogP contribution in [0, 0.1) is 11.8 Å². The van der Waals surface area contributed by atoms with E-state index < -0.39 is 0 Å². The second-order valence-electron chi connectivity index (χ2n) is 5.58. The van der Waals surface area contributed by atoms with Gasteiger partial charge in [-0.25, -0.2) is 4.52 Å². The Morgan fingerprint density at radius 3 is 2.72 bits per heavy atom. The molecular formula is C14H22N4. The molecule has 4 heteroatoms. The Labute approximate surface area is 108 Å². The zero-order valence-electron chi connectivity index (χ0n) is 11.4. The van der Waals surface area contributed by atoms with Crippen LogP contribution < -0.4 is 5.73 Å². The number of aromatic nitrogens is 3. The minimum absolute atomic E-state index is 0.0421. The Balaban J connectivity index is 2.11. The van der Waals surface area contributed by atoms with Gasteiger partial charge in [-0.1, -0.05) is 20.8 Å². The summed E-state index contributed by atoms with van der Waals surface area (Å²) in [7, 11) is 0. The van der Waals surface area contributed by atoms with Gasteiger partial charge in [-0.3, -0.25) is 4.98 Å². The van der Waals surface area contributed by atoms with E-state index in [-0.39, 0.29) is 6.04 Å². The van der Waals surface area contributed by atoms with E-state index in [9.17, 15) is 0 Å². The SMILES string of the molecule is CC(C)CC(C)CC(N)c1cnn2ccncc12. The Kier molecular flexibility index (Phi) is 3.97. The van der Waals surface area contributed by atoms with Crippen molar-refractivity contribution < 1.29 is 0 Å². The van der Waals surface area contributed by atoms with Gasteiger partial charge >= 0.3 is 0 Å². The maximum Gasteiger partial charge on any atom is 0.0892 e. The monoisotopic (exact) mass is 246 g/mol. The van der Waals surface area contributed by atoms with E-state index in [0.717, 1.165) is 23.4 Å². The molecule has 0 spiro atoms. The van der Waals surface area contributed by atoms with Gasteiger partial charge in [0.05, 0.1) is 17.9 Å². The van der Waals surface area contributed by atoms with Crippen LogP contribution in [0.4, 0.5) is 0 Å². The lowest BCUT2D eigenvalue weighted by molar-refractivity contribution is 0.388. The van der Waals surface area contributed by atoms with Crippen molar-refractivity contribution in [2.24, 2.45) is 17.6 Å². The highest BCUT2D eigenvalue weighted by molar-refractivity contribution is 5.52. The van der Waals surface area contributed by atoms with Crippen LogP contribution in [0.2, 0.25) is 0 Å². The average molecular weight is 246 g/mol. The Hall–Kier alpha value is -1.42. The molecule has 2 unspecified atom stereocenters. The van der Waals surface area contributed by atoms with Crippen molar-refractivity contribution in [2.75, 3.05) is 0 Å². The lowest BCUT2D eigenvalue weighted by Crippen LogP contribution is -2.15. The van der Waals surface area contributed by atoms with Crippen LogP contribution in [0.15, 0.2) is 24.8 Å². The molecule has 0 bridgehead atoms. The third kappa shape index (κ3) is 2.88. The first-order chi connectivity index (χ1) is 8.58. The Bertz CT molecular complexity index is 503. The number of fused-ring (bicyclic) bond motifs is 1. The van der Waals surface area contributed by atoms with Crippen molar-refractivity contribution in [2.45, 2.75) is 39.7 Å². The van der Waals surface area contributed by atoms with Crippen LogP contribution in [0.5, 0.6) is 0 Å². The first-order valence-corrected chi connectivity index (χ1v) is 6.60. The van der Waals surface area contributed by atoms with Gasteiger partial charge in [-0.05, 0) is 24.7 Å². The van der Waals surface area contributed by atoms with E-state index in [4.69, 9.17) is 5.73 Å². The highest BCUT2D eigenvalue weighted by Gasteiger charge is 2.16. The van der Waals surface area contributed by atoms with Crippen LogP contribution in [0.3, 0.4) is 0 Å². The largest absolute Gasteiger partial charge is 0.324 e. The summed E-state index contributed by atoms with van der Waals surface area (Å²) < 4.78 is 1.83. The normalized spacial score (nSPS) is 15.2. The molecule has 18 heavy (non-hydrogen) atoms. The summed E-state index contributed by atoms with van der Waals surface area (Å²) in [6, 6.07) is 0.0421. The predicted octanol–water partition coefficient (Wildman–Crippen LogP) is 2.80. The third-order valence-corrected chi connectivity index (χ3v) is 3.28. The molecule has 0 saturated carbocycles. The number of nitrogens with zero attached hydrogens (tertiary/aromatic N) is 3. The summed E-state index contributed by atoms with van der Waals surface area (Å²) in [4.78, 5) is 4.14. The molecule has 2 heterocycles. The van der Waals surface area contributed by atoms with Crippen molar-refractivity contribution >= 4 is 5.52 Å². The van der Waals surface area contributed by atoms with Crippen LogP contribution in [-0.2, 0) is 0 Å². The van der Waals surface area contributed by atoms with E-state index in [2.05, 4.69) is 30.9 Å². The van der Waals surface area contributed by atoms with Gasteiger partial charge in [0.25, 0.3) is 0 Å². The molecular weight excluding hydrogens is 224 g/mol. The molecule has 0 aliphatic heterocycles. The molecule has 0 saturated heterocycles. The summed E-state index contributed by atoms with van der Waals surface area (Å²) in [6.45, 7) is 6.77. The molecule has 0 aromatic carbocycles. The average Bonchev–Trinajstić information content (AvgIpc) is 2.71. The zero-order chi connectivity index (χ0) is 13.1. The van der Waals surface area contributed by atoms with Gasteiger partial charge in [0.15, 0.2) is 0 Å². The summed E-state index contributed by atoms with van der Waals surface area (Å²) >= 11 is 0. The van der Waals surface area contributed by atoms with Crippen LogP contribution in [0.25, 0.3) is 5.52 Å². The molecule has 98 valence electrons. The maximum atomic E-state index is 6.30. The molecule has 2 rings (SSSR count). The highest BCUT2D eigenvalue weighted by atomic mass is 15.2. The lowest BCUT2D eigenvalue weighted by atomic mass is 9.91. The fourth-order valence-corrected chi connectivity index (χ4v) is 2.60. The van der Waals surface area contributed by atoms with Crippen LogP contribution in [-0.4, -0.2) is 14.6 Å². The fourth-order valence-electron chi connectivity index (χ4n) is 2.60. The number of hydrogen-bond acceptors (Lipinski definition) is 3. The minimum atomic E-state index is 0.0421. The van der Waals surface area contributed by atoms with Crippen molar-refractivity contribution in [3.05, 3.63) is 30.4 Å². The minimum Gasteiger partial charge on any atom is -0.324 e. The number of nitrogens with two attached hydrogens (primary N) is 1. The molecule has 2 N–H and O–H groups in total. The molecule has 2 atom stereocenters. The molecule has 2 aromatic heterocycles. The van der Waals surface area contributed by atoms with Gasteiger partial charge in [-0.15, -0.1) is 0 Å². The van der Waals surface area contributed by atoms with Crippen molar-refractivity contribution in [3.8, 4) is 0 Å². The zero-order valence-corrected chi connectivity index (χ0v) is 11.4. The number of rotatable bonds is 5. The quantitative estimate of drug-likeness (QED) is 0.882. The molecule has 0 radical (unpaired) electrons. The summed E-state index contributed by atoms with van der Waals surface area (Å²) in [5, 5.41) is 4.30. The van der Waals surface area contributed by atoms with Crippen molar-refractivity contribution in [1.82, 2.24) is 14.6 Å². The van der Waals surface area contributed by atoms with Gasteiger partial charge < -0.3 is 5.73 Å². The topological polar surface area (TPSA) is 56.2 Å². The lowest BCUT2D eigenvalue weighted by Gasteiger charge is -2.18. The van der Waals surface area contributed by atoms with E-state index in [1.807, 2.05) is 23.1 Å². The van der Waals surface area contributed by atoms with Crippen LogP contribution in [0.1, 0.15) is 45.2 Å². The summed E-state index contributed by atoms with van der Waals surface area (Å²) in [5.74, 6) is 1.35. The van der Waals surface area contributed by atoms with Crippen LogP contribution >= 0.6 is 0 Å². The Morgan fingerprint density at radius 2 is 2.00 bits per heavy atom. The molecule has 0 aliphatic rings. The second kappa shape index (κ2) is 5.48. The van der Waals surface area contributed by atoms with E-state index in [0.29, 0.717) is 5.92 Å². The van der Waals surface area contributed by atoms with E-state index in [1.54, 1.807) is 6.20 Å². The maximum absolute atomic E-state index is 6.30. The molecule has 2 aromatic rings. The van der Waals surface area contributed by atoms with E-state index in [1.165, 1.54) is 6.42 Å². The first-order valence-electron chi connectivity index (χ1n) is 6.60. The smallest absolute Gasteiger partial charge is 0.0892 e. The third-order valence-electron chi connectivity index (χ3n) is 3.28. The van der Waals surface area contributed by atoms with Gasteiger partial charge in [0, 0.05) is 24.0 Å². The van der Waals surface area contributed by atoms with Gasteiger partial charge in [-0.2, -0.15) is 5.10 Å². The predicted molar refractivity (Wildman–Crippen MR) is 73.2 cm³/mol. The van der Waals surface area contributed by atoms with Gasteiger partial charge in [0.1, 0.15) is 0 Å². The first kappa shape index (κ1) is 13.0. The van der Waals surface area contributed by atoms with Crippen molar-refractivity contribution in [1.29, 1.82) is 0 Å². The molecule has 0 amide bonds. The summed E-state index contributed by atoms with van der Waals surface area (Å²) in [5.41, 5.74) is 8.41. The summed E-state index contributed by atoms with van der Waals surface area (Å²) in [6.07, 6.45) is 9.48. The van der Waals surface area contributed by atoms with E-state index >= 15 is 0 Å². The second-order valence-corrected chi connectivity index (χ2v) is 5.58. The Morgan fingerprint density at radius 1 is 1.22 bits per heavy atom. The molecule has 0 aliphatic carbocycles. The van der Waals surface area contributed by atoms with Gasteiger partial charge in [0.2, 0.25) is 0 Å². The molecule has 0 fully saturated rings. The standard InChI is InChI=1S/C14H22N4/c1-10(2)6-11(3)7-13(15)12-8-17-18-5-4-16-9-14(12)18/h4-5,8-11,13H,6-7,15H2,1-3H3. The fraction of sp³-hybridized carbons (Fsp3) is 0.571. The van der Waals surface area contributed by atoms with Crippen molar-refractivity contribution in [3.63, 3.8) is 0 Å². The number of hydrogen-bond donors (Lipinski definition) is 1.